The summed E-state index contributed by atoms with van der Waals surface area (Å²) >= 11 is 1.38. The summed E-state index contributed by atoms with van der Waals surface area (Å²) in [6, 6.07) is 14.5. The molecule has 0 aliphatic carbocycles. The number of carbonyl (C=O) groups excluding carboxylic acids is 1. The van der Waals surface area contributed by atoms with Crippen LogP contribution in [-0.4, -0.2) is 20.7 Å². The van der Waals surface area contributed by atoms with Gasteiger partial charge in [-0.15, -0.1) is 11.3 Å². The quantitative estimate of drug-likeness (QED) is 0.554. The molecule has 0 saturated carbocycles. The van der Waals surface area contributed by atoms with Crippen LogP contribution >= 0.6 is 11.3 Å². The van der Waals surface area contributed by atoms with Gasteiger partial charge in [0.1, 0.15) is 0 Å². The lowest BCUT2D eigenvalue weighted by Crippen LogP contribution is -2.27. The lowest BCUT2D eigenvalue weighted by Gasteiger charge is -2.17. The van der Waals surface area contributed by atoms with Gasteiger partial charge in [0.25, 0.3) is 5.91 Å². The van der Waals surface area contributed by atoms with Crippen molar-refractivity contribution in [3.63, 3.8) is 0 Å². The van der Waals surface area contributed by atoms with Gasteiger partial charge >= 0.3 is 0 Å². The van der Waals surface area contributed by atoms with Crippen LogP contribution < -0.4 is 11.1 Å². The van der Waals surface area contributed by atoms with Crippen molar-refractivity contribution in [3.05, 3.63) is 71.9 Å². The first-order valence-corrected chi connectivity index (χ1v) is 8.58. The number of nitrogens with zero attached hydrogens (tertiary/aromatic N) is 3. The molecule has 0 aliphatic rings. The first kappa shape index (κ1) is 15.3. The topological polar surface area (TPSA) is 85.8 Å². The number of nitrogens with one attached hydrogen (secondary N) is 1. The van der Waals surface area contributed by atoms with Crippen molar-refractivity contribution in [3.8, 4) is 0 Å². The average molecular weight is 349 g/mol. The van der Waals surface area contributed by atoms with E-state index in [0.717, 1.165) is 16.5 Å². The van der Waals surface area contributed by atoms with Crippen molar-refractivity contribution in [1.82, 2.24) is 14.8 Å². The van der Waals surface area contributed by atoms with Gasteiger partial charge in [-0.2, -0.15) is 5.10 Å². The molecule has 25 heavy (non-hydrogen) atoms. The van der Waals surface area contributed by atoms with E-state index in [1.54, 1.807) is 16.9 Å². The van der Waals surface area contributed by atoms with Gasteiger partial charge < -0.3 is 5.73 Å². The van der Waals surface area contributed by atoms with Crippen molar-refractivity contribution in [2.75, 3.05) is 11.1 Å². The van der Waals surface area contributed by atoms with E-state index < -0.39 is 6.04 Å². The molecule has 0 fully saturated rings. The second-order valence-electron chi connectivity index (χ2n) is 5.57. The van der Waals surface area contributed by atoms with Gasteiger partial charge in [0.15, 0.2) is 11.2 Å². The van der Waals surface area contributed by atoms with Crippen molar-refractivity contribution < 1.29 is 4.79 Å². The molecule has 6 nitrogen and oxygen atoms in total. The number of anilines is 2. The summed E-state index contributed by atoms with van der Waals surface area (Å²) in [7, 11) is 0. The highest BCUT2D eigenvalue weighted by Gasteiger charge is 2.24. The van der Waals surface area contributed by atoms with Crippen molar-refractivity contribution >= 4 is 39.0 Å². The Kier molecular flexibility index (Phi) is 3.91. The Hall–Kier alpha value is -3.19. The molecule has 7 heteroatoms. The highest BCUT2D eigenvalue weighted by molar-refractivity contribution is 7.13. The van der Waals surface area contributed by atoms with Crippen LogP contribution in [0.25, 0.3) is 10.9 Å². The van der Waals surface area contributed by atoms with Crippen LogP contribution in [0.5, 0.6) is 0 Å². The molecule has 4 aromatic rings. The Labute approximate surface area is 147 Å². The minimum Gasteiger partial charge on any atom is -0.399 e. The fourth-order valence-electron chi connectivity index (χ4n) is 2.70. The summed E-state index contributed by atoms with van der Waals surface area (Å²) in [5.74, 6) is -0.193. The molecule has 2 aromatic heterocycles. The molecule has 2 heterocycles. The van der Waals surface area contributed by atoms with Gasteiger partial charge in [-0.1, -0.05) is 30.3 Å². The van der Waals surface area contributed by atoms with Crippen molar-refractivity contribution in [2.24, 2.45) is 0 Å². The Morgan fingerprint density at radius 2 is 2.04 bits per heavy atom. The van der Waals surface area contributed by atoms with Crippen LogP contribution in [-0.2, 0) is 4.79 Å². The molecule has 0 aliphatic heterocycles. The predicted molar refractivity (Wildman–Crippen MR) is 99.5 cm³/mol. The minimum absolute atomic E-state index is 0.193. The number of amides is 1. The third kappa shape index (κ3) is 3.09. The Bertz CT molecular complexity index is 1010. The van der Waals surface area contributed by atoms with Gasteiger partial charge in [-0.25, -0.2) is 4.98 Å². The summed E-state index contributed by atoms with van der Waals surface area (Å²) in [6.07, 6.45) is 3.51. The zero-order valence-electron chi connectivity index (χ0n) is 13.2. The van der Waals surface area contributed by atoms with E-state index in [1.807, 2.05) is 54.0 Å². The fourth-order valence-corrected chi connectivity index (χ4v) is 3.23. The molecular weight excluding hydrogens is 334 g/mol. The lowest BCUT2D eigenvalue weighted by molar-refractivity contribution is -0.118. The number of rotatable bonds is 4. The monoisotopic (exact) mass is 349 g/mol. The van der Waals surface area contributed by atoms with Crippen LogP contribution in [0, 0.1) is 0 Å². The second-order valence-corrected chi connectivity index (χ2v) is 6.46. The largest absolute Gasteiger partial charge is 0.399 e. The Balaban J connectivity index is 1.77. The van der Waals surface area contributed by atoms with E-state index >= 15 is 0 Å². The third-order valence-corrected chi connectivity index (χ3v) is 4.53. The smallest absolute Gasteiger partial charge is 0.255 e. The normalized spacial score (nSPS) is 12.2. The van der Waals surface area contributed by atoms with Crippen molar-refractivity contribution in [2.45, 2.75) is 6.04 Å². The molecule has 1 atom stereocenters. The van der Waals surface area contributed by atoms with Gasteiger partial charge in [0, 0.05) is 28.8 Å². The summed E-state index contributed by atoms with van der Waals surface area (Å²) < 4.78 is 1.67. The van der Waals surface area contributed by atoms with E-state index in [-0.39, 0.29) is 5.91 Å². The molecule has 1 unspecified atom stereocenters. The van der Waals surface area contributed by atoms with Crippen LogP contribution in [0.2, 0.25) is 0 Å². The van der Waals surface area contributed by atoms with Gasteiger partial charge in [0.2, 0.25) is 0 Å². The van der Waals surface area contributed by atoms with E-state index in [1.165, 1.54) is 11.3 Å². The third-order valence-electron chi connectivity index (χ3n) is 3.84. The van der Waals surface area contributed by atoms with Gasteiger partial charge in [-0.3, -0.25) is 14.8 Å². The molecule has 0 spiro atoms. The second kappa shape index (κ2) is 6.37. The molecule has 4 rings (SSSR count). The highest BCUT2D eigenvalue weighted by atomic mass is 32.1. The number of thiazole rings is 1. The Morgan fingerprint density at radius 1 is 1.20 bits per heavy atom. The van der Waals surface area contributed by atoms with Crippen LogP contribution in [0.1, 0.15) is 11.6 Å². The number of nitrogen functional groups attached to an aromatic ring is 1. The molecule has 124 valence electrons. The number of fused-ring (bicyclic) bond motifs is 1. The number of hydrogen-bond acceptors (Lipinski definition) is 5. The maximum Gasteiger partial charge on any atom is 0.255 e. The number of aromatic nitrogens is 3. The Morgan fingerprint density at radius 3 is 2.80 bits per heavy atom. The lowest BCUT2D eigenvalue weighted by atomic mass is 10.1. The number of hydrogen-bond donors (Lipinski definition) is 2. The zero-order chi connectivity index (χ0) is 17.2. The van der Waals surface area contributed by atoms with E-state index in [0.29, 0.717) is 10.8 Å². The summed E-state index contributed by atoms with van der Waals surface area (Å²) in [4.78, 5) is 17.0. The first-order valence-electron chi connectivity index (χ1n) is 7.70. The maximum atomic E-state index is 12.9. The molecular formula is C18H15N5OS. The minimum atomic E-state index is -0.598. The standard InChI is InChI=1S/C18H15N5OS/c19-14-7-6-13-11-23(22-15(13)10-14)16(12-4-2-1-3-5-12)17(24)21-18-20-8-9-25-18/h1-11,16H,19H2,(H,20,21,24). The molecule has 2 aromatic carbocycles. The summed E-state index contributed by atoms with van der Waals surface area (Å²) in [6.45, 7) is 0. The van der Waals surface area contributed by atoms with Crippen LogP contribution in [0.15, 0.2) is 66.3 Å². The van der Waals surface area contributed by atoms with E-state index in [4.69, 9.17) is 5.73 Å². The summed E-state index contributed by atoms with van der Waals surface area (Å²) in [5, 5.41) is 10.7. The van der Waals surface area contributed by atoms with E-state index in [2.05, 4.69) is 15.4 Å². The number of benzene rings is 2. The SMILES string of the molecule is Nc1ccc2cn(C(C(=O)Nc3nccs3)c3ccccc3)nc2c1. The molecule has 0 bridgehead atoms. The maximum absolute atomic E-state index is 12.9. The van der Waals surface area contributed by atoms with Crippen molar-refractivity contribution in [1.29, 1.82) is 0 Å². The molecule has 1 amide bonds. The van der Waals surface area contributed by atoms with Crippen LogP contribution in [0.3, 0.4) is 0 Å². The van der Waals surface area contributed by atoms with Gasteiger partial charge in [0.05, 0.1) is 5.52 Å². The van der Waals surface area contributed by atoms with Gasteiger partial charge in [-0.05, 0) is 23.8 Å². The summed E-state index contributed by atoms with van der Waals surface area (Å²) in [5.41, 5.74) is 8.07. The first-order chi connectivity index (χ1) is 12.2. The highest BCUT2D eigenvalue weighted by Crippen LogP contribution is 2.24. The van der Waals surface area contributed by atoms with Crippen LogP contribution in [0.4, 0.5) is 10.8 Å². The predicted octanol–water partition coefficient (Wildman–Crippen LogP) is 3.30. The number of carbonyl (C=O) groups is 1. The fraction of sp³-hybridized carbons (Fsp3) is 0.0556. The zero-order valence-corrected chi connectivity index (χ0v) is 14.0. The molecule has 0 saturated heterocycles. The van der Waals surface area contributed by atoms with E-state index in [9.17, 15) is 4.79 Å². The molecule has 0 radical (unpaired) electrons. The number of nitrogens with two attached hydrogens (primary N) is 1. The average Bonchev–Trinajstić information content (AvgIpc) is 3.25. The molecule has 3 N–H and O–H groups in total.